The standard InChI is InChI=1S/C29H44N2O6/c1-26-9-5-20(30-25(33)31-13-15-36-16-14-31)17-28(26,34)11-7-23-22(26)6-10-27(2)21(8-12-29(23,27)35)19-3-4-24(32)37-18-19/h3-4,19-23,34-35H,5-18H2,1-2H3,(H,30,33)/t19?,20?,21-,22+,23-,26-,27-,28+,29+/m1/s1. The third kappa shape index (κ3) is 3.80. The highest BCUT2D eigenvalue weighted by molar-refractivity contribution is 5.82. The molecule has 6 rings (SSSR count). The second kappa shape index (κ2) is 8.95. The highest BCUT2D eigenvalue weighted by atomic mass is 16.5. The van der Waals surface area contributed by atoms with Gasteiger partial charge in [0, 0.05) is 36.5 Å². The zero-order chi connectivity index (χ0) is 26.1. The Morgan fingerprint density at radius 1 is 0.973 bits per heavy atom. The van der Waals surface area contributed by atoms with E-state index in [9.17, 15) is 19.8 Å². The zero-order valence-corrected chi connectivity index (χ0v) is 22.4. The molecule has 5 fully saturated rings. The first-order chi connectivity index (χ1) is 17.6. The van der Waals surface area contributed by atoms with E-state index in [0.29, 0.717) is 51.7 Å². The summed E-state index contributed by atoms with van der Waals surface area (Å²) >= 11 is 0. The van der Waals surface area contributed by atoms with Crippen molar-refractivity contribution in [3.63, 3.8) is 0 Å². The molecule has 8 heteroatoms. The predicted octanol–water partition coefficient (Wildman–Crippen LogP) is 3.01. The average molecular weight is 517 g/mol. The van der Waals surface area contributed by atoms with Crippen molar-refractivity contribution in [1.29, 1.82) is 0 Å². The maximum Gasteiger partial charge on any atom is 0.330 e. The summed E-state index contributed by atoms with van der Waals surface area (Å²) in [6.45, 7) is 7.32. The number of ether oxygens (including phenoxy) is 2. The number of cyclic esters (lactones) is 1. The van der Waals surface area contributed by atoms with Gasteiger partial charge in [-0.05, 0) is 81.0 Å². The minimum Gasteiger partial charge on any atom is -0.462 e. The van der Waals surface area contributed by atoms with Crippen LogP contribution in [0, 0.1) is 34.5 Å². The molecular formula is C29H44N2O6. The minimum absolute atomic E-state index is 0.0291. The van der Waals surface area contributed by atoms with Gasteiger partial charge in [-0.15, -0.1) is 0 Å². The SMILES string of the molecule is C[C@]12CCC(NC(=O)N3CCOCC3)C[C@@]1(O)CC[C@@H]1[C@@H]2CC[C@]2(C)[C@@H](C3C=CC(=O)OC3)CC[C@]12O. The van der Waals surface area contributed by atoms with Crippen LogP contribution >= 0.6 is 0 Å². The Balaban J connectivity index is 1.18. The third-order valence-electron chi connectivity index (χ3n) is 12.1. The minimum atomic E-state index is -0.836. The molecule has 3 N–H and O–H groups in total. The lowest BCUT2D eigenvalue weighted by Crippen LogP contribution is -2.68. The van der Waals surface area contributed by atoms with Gasteiger partial charge in [-0.1, -0.05) is 19.9 Å². The van der Waals surface area contributed by atoms with Crippen LogP contribution < -0.4 is 5.32 Å². The van der Waals surface area contributed by atoms with E-state index in [0.717, 1.165) is 44.9 Å². The van der Waals surface area contributed by atoms with E-state index in [4.69, 9.17) is 9.47 Å². The molecule has 9 atom stereocenters. The van der Waals surface area contributed by atoms with Crippen molar-refractivity contribution in [2.75, 3.05) is 32.9 Å². The van der Waals surface area contributed by atoms with Crippen molar-refractivity contribution >= 4 is 12.0 Å². The van der Waals surface area contributed by atoms with Crippen molar-refractivity contribution in [2.45, 2.75) is 88.9 Å². The number of carbonyl (C=O) groups excluding carboxylic acids is 2. The maximum atomic E-state index is 12.8. The Labute approximate surface area is 220 Å². The lowest BCUT2D eigenvalue weighted by molar-refractivity contribution is -0.251. The number of amides is 2. The molecule has 4 saturated carbocycles. The Hall–Kier alpha value is -1.64. The van der Waals surface area contributed by atoms with Crippen molar-refractivity contribution < 1.29 is 29.3 Å². The number of rotatable bonds is 2. The highest BCUT2D eigenvalue weighted by Crippen LogP contribution is 2.70. The van der Waals surface area contributed by atoms with Gasteiger partial charge in [0.15, 0.2) is 0 Å². The summed E-state index contributed by atoms with van der Waals surface area (Å²) in [5, 5.41) is 27.8. The van der Waals surface area contributed by atoms with Gasteiger partial charge < -0.3 is 29.9 Å². The number of morpholine rings is 1. The normalized spacial score (nSPS) is 49.5. The smallest absolute Gasteiger partial charge is 0.330 e. The quantitative estimate of drug-likeness (QED) is 0.487. The fraction of sp³-hybridized carbons (Fsp3) is 0.862. The number of carbonyl (C=O) groups is 2. The molecule has 6 aliphatic rings. The first-order valence-electron chi connectivity index (χ1n) is 14.5. The van der Waals surface area contributed by atoms with E-state index in [1.54, 1.807) is 6.08 Å². The van der Waals surface area contributed by atoms with Gasteiger partial charge in [0.1, 0.15) is 0 Å². The van der Waals surface area contributed by atoms with Crippen LogP contribution in [0.3, 0.4) is 0 Å². The second-order valence-corrected chi connectivity index (χ2v) is 13.4. The van der Waals surface area contributed by atoms with E-state index in [1.807, 2.05) is 11.0 Å². The van der Waals surface area contributed by atoms with E-state index in [-0.39, 0.29) is 46.6 Å². The summed E-state index contributed by atoms with van der Waals surface area (Å²) < 4.78 is 10.7. The zero-order valence-electron chi connectivity index (χ0n) is 22.4. The van der Waals surface area contributed by atoms with Crippen molar-refractivity contribution in [1.82, 2.24) is 10.2 Å². The van der Waals surface area contributed by atoms with Crippen LogP contribution in [0.15, 0.2) is 12.2 Å². The summed E-state index contributed by atoms with van der Waals surface area (Å²) in [6.07, 6.45) is 11.0. The van der Waals surface area contributed by atoms with Crippen LogP contribution in [-0.4, -0.2) is 77.3 Å². The Morgan fingerprint density at radius 3 is 2.41 bits per heavy atom. The summed E-state index contributed by atoms with van der Waals surface area (Å²) in [7, 11) is 0. The lowest BCUT2D eigenvalue weighted by Gasteiger charge is -2.66. The van der Waals surface area contributed by atoms with E-state index in [1.165, 1.54) is 0 Å². The first-order valence-corrected chi connectivity index (χ1v) is 14.5. The molecular weight excluding hydrogens is 472 g/mol. The molecule has 2 amide bonds. The molecule has 37 heavy (non-hydrogen) atoms. The van der Waals surface area contributed by atoms with E-state index < -0.39 is 11.2 Å². The molecule has 8 nitrogen and oxygen atoms in total. The molecule has 0 spiro atoms. The van der Waals surface area contributed by atoms with Gasteiger partial charge >= 0.3 is 12.0 Å². The monoisotopic (exact) mass is 516 g/mol. The molecule has 206 valence electrons. The number of fused-ring (bicyclic) bond motifs is 5. The molecule has 0 bridgehead atoms. The molecule has 0 aromatic carbocycles. The summed E-state index contributed by atoms with van der Waals surface area (Å²) in [6, 6.07) is -0.0741. The van der Waals surface area contributed by atoms with Gasteiger partial charge in [0.05, 0.1) is 31.0 Å². The van der Waals surface area contributed by atoms with Crippen LogP contribution in [0.2, 0.25) is 0 Å². The lowest BCUT2D eigenvalue weighted by atomic mass is 9.41. The highest BCUT2D eigenvalue weighted by Gasteiger charge is 2.70. The number of urea groups is 1. The van der Waals surface area contributed by atoms with Crippen LogP contribution in [-0.2, 0) is 14.3 Å². The van der Waals surface area contributed by atoms with Crippen LogP contribution in [0.5, 0.6) is 0 Å². The fourth-order valence-electron chi connectivity index (χ4n) is 9.84. The molecule has 4 aliphatic carbocycles. The van der Waals surface area contributed by atoms with Gasteiger partial charge in [0.25, 0.3) is 0 Å². The van der Waals surface area contributed by atoms with Crippen LogP contribution in [0.1, 0.15) is 71.6 Å². The van der Waals surface area contributed by atoms with Gasteiger partial charge in [-0.25, -0.2) is 9.59 Å². The van der Waals surface area contributed by atoms with E-state index >= 15 is 0 Å². The largest absolute Gasteiger partial charge is 0.462 e. The molecule has 1 saturated heterocycles. The number of esters is 1. The van der Waals surface area contributed by atoms with Gasteiger partial charge in [-0.3, -0.25) is 0 Å². The van der Waals surface area contributed by atoms with Crippen LogP contribution in [0.25, 0.3) is 0 Å². The number of nitrogens with zero attached hydrogens (tertiary/aromatic N) is 1. The molecule has 0 radical (unpaired) electrons. The molecule has 0 aromatic heterocycles. The molecule has 2 unspecified atom stereocenters. The molecule has 0 aromatic rings. The number of nitrogens with one attached hydrogen (secondary N) is 1. The summed E-state index contributed by atoms with van der Waals surface area (Å²) in [5.74, 6) is 0.613. The third-order valence-corrected chi connectivity index (χ3v) is 12.1. The van der Waals surface area contributed by atoms with Crippen molar-refractivity contribution in [3.05, 3.63) is 12.2 Å². The predicted molar refractivity (Wildman–Crippen MR) is 136 cm³/mol. The number of aliphatic hydroxyl groups is 2. The van der Waals surface area contributed by atoms with Crippen molar-refractivity contribution in [2.24, 2.45) is 34.5 Å². The van der Waals surface area contributed by atoms with Gasteiger partial charge in [-0.2, -0.15) is 0 Å². The first kappa shape index (κ1) is 25.6. The van der Waals surface area contributed by atoms with Crippen LogP contribution in [0.4, 0.5) is 4.79 Å². The Morgan fingerprint density at radius 2 is 1.68 bits per heavy atom. The van der Waals surface area contributed by atoms with Gasteiger partial charge in [0.2, 0.25) is 0 Å². The Bertz CT molecular complexity index is 966. The number of hydrogen-bond donors (Lipinski definition) is 3. The average Bonchev–Trinajstić information content (AvgIpc) is 3.17. The summed E-state index contributed by atoms with van der Waals surface area (Å²) in [4.78, 5) is 26.2. The Kier molecular flexibility index (Phi) is 6.20. The maximum absolute atomic E-state index is 12.8. The van der Waals surface area contributed by atoms with E-state index in [2.05, 4.69) is 19.2 Å². The molecule has 2 aliphatic heterocycles. The topological polar surface area (TPSA) is 108 Å². The second-order valence-electron chi connectivity index (χ2n) is 13.4. The fourth-order valence-corrected chi connectivity index (χ4v) is 9.84. The van der Waals surface area contributed by atoms with Crippen molar-refractivity contribution in [3.8, 4) is 0 Å². The number of hydrogen-bond acceptors (Lipinski definition) is 6. The molecule has 2 heterocycles. The summed E-state index contributed by atoms with van der Waals surface area (Å²) in [5.41, 5.74) is -2.09.